The van der Waals surface area contributed by atoms with Crippen LogP contribution in [0.15, 0.2) is 29.3 Å². The van der Waals surface area contributed by atoms with Gasteiger partial charge in [-0.1, -0.05) is 30.7 Å². The van der Waals surface area contributed by atoms with E-state index < -0.39 is 0 Å². The average Bonchev–Trinajstić information content (AvgIpc) is 3.07. The van der Waals surface area contributed by atoms with Crippen LogP contribution < -0.4 is 0 Å². The van der Waals surface area contributed by atoms with Crippen LogP contribution in [0.5, 0.6) is 0 Å². The number of hydrogen-bond donors (Lipinski definition) is 0. The minimum Gasteiger partial charge on any atom is -0.276 e. The third-order valence-corrected chi connectivity index (χ3v) is 5.86. The molecule has 4 rings (SSSR count). The number of hydrogen-bond acceptors (Lipinski definition) is 4. The van der Waals surface area contributed by atoms with Gasteiger partial charge in [-0.05, 0) is 31.5 Å². The highest BCUT2D eigenvalue weighted by atomic mass is 35.5. The first-order chi connectivity index (χ1) is 11.6. The molecular weight excluding hydrogens is 340 g/mol. The first-order valence-corrected chi connectivity index (χ1v) is 9.14. The number of halogens is 1. The molecule has 0 radical (unpaired) electrons. The van der Waals surface area contributed by atoms with Crippen LogP contribution in [-0.2, 0) is 13.0 Å². The van der Waals surface area contributed by atoms with Gasteiger partial charge in [0, 0.05) is 27.4 Å². The van der Waals surface area contributed by atoms with Crippen LogP contribution in [0.4, 0.5) is 0 Å². The zero-order valence-electron chi connectivity index (χ0n) is 13.8. The van der Waals surface area contributed by atoms with Crippen LogP contribution in [0.1, 0.15) is 40.1 Å². The summed E-state index contributed by atoms with van der Waals surface area (Å²) in [5, 5.41) is 10.6. The summed E-state index contributed by atoms with van der Waals surface area (Å²) in [6, 6.07) is 7.89. The van der Waals surface area contributed by atoms with Crippen molar-refractivity contribution < 1.29 is 0 Å². The molecule has 2 aromatic heterocycles. The first-order valence-electron chi connectivity index (χ1n) is 7.94. The van der Waals surface area contributed by atoms with E-state index in [1.54, 1.807) is 11.3 Å². The number of fused-ring (bicyclic) bond motifs is 3. The third kappa shape index (κ3) is 2.31. The van der Waals surface area contributed by atoms with Crippen LogP contribution in [0.3, 0.4) is 0 Å². The fourth-order valence-corrected chi connectivity index (χ4v) is 4.36. The summed E-state index contributed by atoms with van der Waals surface area (Å²) in [7, 11) is 0. The van der Waals surface area contributed by atoms with E-state index in [1.807, 2.05) is 24.3 Å². The van der Waals surface area contributed by atoms with Crippen molar-refractivity contribution in [2.45, 2.75) is 33.7 Å². The summed E-state index contributed by atoms with van der Waals surface area (Å²) in [5.41, 5.74) is 4.55. The van der Waals surface area contributed by atoms with Gasteiger partial charge in [0.2, 0.25) is 0 Å². The van der Waals surface area contributed by atoms with Gasteiger partial charge < -0.3 is 0 Å². The van der Waals surface area contributed by atoms with Crippen molar-refractivity contribution in [2.75, 3.05) is 0 Å². The quantitative estimate of drug-likeness (QED) is 0.677. The van der Waals surface area contributed by atoms with E-state index in [4.69, 9.17) is 16.6 Å². The minimum absolute atomic E-state index is 0.533. The first kappa shape index (κ1) is 15.5. The molecule has 4 nitrogen and oxygen atoms in total. The molecule has 3 aromatic rings. The van der Waals surface area contributed by atoms with Crippen molar-refractivity contribution in [1.29, 1.82) is 0 Å². The lowest BCUT2D eigenvalue weighted by molar-refractivity contribution is 0.849. The van der Waals surface area contributed by atoms with Crippen molar-refractivity contribution >= 4 is 28.6 Å². The highest BCUT2D eigenvalue weighted by Gasteiger charge is 2.26. The highest BCUT2D eigenvalue weighted by Crippen LogP contribution is 2.36. The number of thiophene rings is 1. The molecule has 0 aliphatic carbocycles. The molecule has 3 heterocycles. The molecule has 0 bridgehead atoms. The Kier molecular flexibility index (Phi) is 3.77. The van der Waals surface area contributed by atoms with E-state index in [2.05, 4.69) is 35.5 Å². The van der Waals surface area contributed by atoms with E-state index in [-0.39, 0.29) is 0 Å². The van der Waals surface area contributed by atoms with Gasteiger partial charge in [0.05, 0.1) is 5.71 Å². The monoisotopic (exact) mass is 356 g/mol. The number of benzene rings is 1. The molecule has 0 saturated carbocycles. The third-order valence-electron chi connectivity index (χ3n) is 4.42. The van der Waals surface area contributed by atoms with Crippen molar-refractivity contribution in [3.05, 3.63) is 62.5 Å². The Morgan fingerprint density at radius 2 is 1.92 bits per heavy atom. The Morgan fingerprint density at radius 3 is 2.62 bits per heavy atom. The van der Waals surface area contributed by atoms with E-state index in [9.17, 15) is 0 Å². The summed E-state index contributed by atoms with van der Waals surface area (Å²) in [6.07, 6.45) is 0.846. The normalized spacial score (nSPS) is 13.2. The van der Waals surface area contributed by atoms with E-state index in [1.165, 1.54) is 21.0 Å². The molecular formula is C18H17ClN4S. The van der Waals surface area contributed by atoms with E-state index in [0.29, 0.717) is 6.54 Å². The standard InChI is InChI=1S/C18H17ClN4S/c1-4-14-21-22-15-9-20-17(12-5-7-13(19)8-6-12)16-10(2)11(3)24-18(16)23(14)15/h5-8H,4,9H2,1-3H3. The number of aliphatic imine (C=N–C) groups is 1. The van der Waals surface area contributed by atoms with Crippen molar-refractivity contribution in [3.63, 3.8) is 0 Å². The SMILES string of the molecule is CCc1nnc2n1-c1sc(C)c(C)c1C(c1ccc(Cl)cc1)=NC2. The van der Waals surface area contributed by atoms with Crippen molar-refractivity contribution in [1.82, 2.24) is 14.8 Å². The Balaban J connectivity index is 1.99. The predicted molar refractivity (Wildman–Crippen MR) is 98.9 cm³/mol. The Bertz CT molecular complexity index is 950. The lowest BCUT2D eigenvalue weighted by Crippen LogP contribution is -2.07. The lowest BCUT2D eigenvalue weighted by Gasteiger charge is -2.09. The maximum absolute atomic E-state index is 6.05. The van der Waals surface area contributed by atoms with Gasteiger partial charge >= 0.3 is 0 Å². The summed E-state index contributed by atoms with van der Waals surface area (Å²) in [4.78, 5) is 6.18. The summed E-state index contributed by atoms with van der Waals surface area (Å²) in [5.74, 6) is 1.89. The van der Waals surface area contributed by atoms with Crippen LogP contribution in [0.25, 0.3) is 5.00 Å². The molecule has 1 aliphatic rings. The van der Waals surface area contributed by atoms with Gasteiger partial charge in [-0.15, -0.1) is 21.5 Å². The predicted octanol–water partition coefficient (Wildman–Crippen LogP) is 4.51. The minimum atomic E-state index is 0.533. The Morgan fingerprint density at radius 1 is 1.17 bits per heavy atom. The molecule has 0 saturated heterocycles. The smallest absolute Gasteiger partial charge is 0.160 e. The van der Waals surface area contributed by atoms with Gasteiger partial charge in [0.1, 0.15) is 17.4 Å². The molecule has 0 atom stereocenters. The second kappa shape index (κ2) is 5.83. The fraction of sp³-hybridized carbons (Fsp3) is 0.278. The zero-order chi connectivity index (χ0) is 16.8. The molecule has 24 heavy (non-hydrogen) atoms. The van der Waals surface area contributed by atoms with Gasteiger partial charge in [-0.3, -0.25) is 9.56 Å². The maximum Gasteiger partial charge on any atom is 0.160 e. The number of nitrogens with zero attached hydrogens (tertiary/aromatic N) is 4. The van der Waals surface area contributed by atoms with Crippen LogP contribution >= 0.6 is 22.9 Å². The molecule has 0 amide bonds. The number of rotatable bonds is 2. The molecule has 1 aliphatic heterocycles. The molecule has 0 spiro atoms. The van der Waals surface area contributed by atoms with Gasteiger partial charge in [-0.25, -0.2) is 0 Å². The maximum atomic E-state index is 6.05. The van der Waals surface area contributed by atoms with Gasteiger partial charge in [0.25, 0.3) is 0 Å². The van der Waals surface area contributed by atoms with Gasteiger partial charge in [0.15, 0.2) is 5.82 Å². The second-order valence-electron chi connectivity index (χ2n) is 5.86. The number of aromatic nitrogens is 3. The molecule has 0 unspecified atom stereocenters. The fourth-order valence-electron chi connectivity index (χ4n) is 3.04. The van der Waals surface area contributed by atoms with Crippen LogP contribution in [0.2, 0.25) is 5.02 Å². The molecule has 122 valence electrons. The van der Waals surface area contributed by atoms with Crippen LogP contribution in [0, 0.1) is 13.8 Å². The summed E-state index contributed by atoms with van der Waals surface area (Å²) in [6.45, 7) is 6.96. The van der Waals surface area contributed by atoms with E-state index >= 15 is 0 Å². The van der Waals surface area contributed by atoms with E-state index in [0.717, 1.165) is 34.4 Å². The Labute approximate surface area is 149 Å². The average molecular weight is 357 g/mol. The molecule has 1 aromatic carbocycles. The Hall–Kier alpha value is -1.98. The molecule has 6 heteroatoms. The van der Waals surface area contributed by atoms with Crippen molar-refractivity contribution in [2.24, 2.45) is 4.99 Å². The summed E-state index contributed by atoms with van der Waals surface area (Å²) < 4.78 is 2.19. The van der Waals surface area contributed by atoms with Gasteiger partial charge in [-0.2, -0.15) is 0 Å². The van der Waals surface area contributed by atoms with Crippen LogP contribution in [-0.4, -0.2) is 20.5 Å². The number of aryl methyl sites for hydroxylation is 2. The highest BCUT2D eigenvalue weighted by molar-refractivity contribution is 7.15. The molecule has 0 N–H and O–H groups in total. The summed E-state index contributed by atoms with van der Waals surface area (Å²) >= 11 is 7.84. The molecule has 0 fully saturated rings. The topological polar surface area (TPSA) is 43.1 Å². The lowest BCUT2D eigenvalue weighted by atomic mass is 10.00. The zero-order valence-corrected chi connectivity index (χ0v) is 15.4. The largest absolute Gasteiger partial charge is 0.276 e. The van der Waals surface area contributed by atoms with Crippen molar-refractivity contribution in [3.8, 4) is 5.00 Å². The second-order valence-corrected chi connectivity index (χ2v) is 7.50.